The molecule has 1 fully saturated rings. The van der Waals surface area contributed by atoms with E-state index in [1.165, 1.54) is 6.07 Å². The fraction of sp³-hybridized carbons (Fsp3) is 0.562. The van der Waals surface area contributed by atoms with Crippen LogP contribution >= 0.6 is 0 Å². The second-order valence-electron chi connectivity index (χ2n) is 5.87. The van der Waals surface area contributed by atoms with E-state index in [2.05, 4.69) is 0 Å². The number of carboxylic acid groups (broad SMARTS) is 1. The van der Waals surface area contributed by atoms with Crippen molar-refractivity contribution >= 4 is 5.97 Å². The normalized spacial score (nSPS) is 24.2. The van der Waals surface area contributed by atoms with Crippen LogP contribution in [0.3, 0.4) is 0 Å². The lowest BCUT2D eigenvalue weighted by molar-refractivity contribution is -0.148. The summed E-state index contributed by atoms with van der Waals surface area (Å²) in [7, 11) is 0. The average molecular weight is 297 g/mol. The number of likely N-dealkylation sites (tertiary alicyclic amines) is 1. The van der Waals surface area contributed by atoms with E-state index < -0.39 is 23.0 Å². The van der Waals surface area contributed by atoms with Crippen LogP contribution in [0.25, 0.3) is 0 Å². The summed E-state index contributed by atoms with van der Waals surface area (Å²) in [6, 6.07) is 3.80. The van der Waals surface area contributed by atoms with Crippen LogP contribution in [0.2, 0.25) is 0 Å². The Kier molecular flexibility index (Phi) is 4.61. The summed E-state index contributed by atoms with van der Waals surface area (Å²) in [5, 5.41) is 9.50. The zero-order valence-corrected chi connectivity index (χ0v) is 12.4. The molecule has 1 aromatic carbocycles. The fourth-order valence-corrected chi connectivity index (χ4v) is 3.24. The molecule has 1 aromatic rings. The van der Waals surface area contributed by atoms with E-state index in [0.29, 0.717) is 25.9 Å². The number of hydrogen-bond donors (Lipinski definition) is 1. The van der Waals surface area contributed by atoms with Gasteiger partial charge in [0.2, 0.25) is 0 Å². The first kappa shape index (κ1) is 15.9. The molecular weight excluding hydrogens is 276 g/mol. The van der Waals surface area contributed by atoms with Crippen LogP contribution in [0.5, 0.6) is 0 Å². The molecule has 0 amide bonds. The maximum Gasteiger partial charge on any atom is 0.310 e. The number of carbonyl (C=O) groups is 1. The number of rotatable bonds is 5. The van der Waals surface area contributed by atoms with Crippen molar-refractivity contribution in [3.63, 3.8) is 0 Å². The molecule has 0 aromatic heterocycles. The molecule has 5 heteroatoms. The molecule has 0 radical (unpaired) electrons. The van der Waals surface area contributed by atoms with Crippen molar-refractivity contribution in [2.45, 2.75) is 39.2 Å². The quantitative estimate of drug-likeness (QED) is 0.902. The maximum atomic E-state index is 13.9. The Morgan fingerprint density at radius 2 is 2.19 bits per heavy atom. The van der Waals surface area contributed by atoms with Crippen LogP contribution in [-0.2, 0) is 4.79 Å². The topological polar surface area (TPSA) is 40.5 Å². The van der Waals surface area contributed by atoms with E-state index in [9.17, 15) is 18.7 Å². The smallest absolute Gasteiger partial charge is 0.310 e. The summed E-state index contributed by atoms with van der Waals surface area (Å²) in [5.41, 5.74) is -0.472. The summed E-state index contributed by atoms with van der Waals surface area (Å²) in [6.07, 6.45) is 1.96. The van der Waals surface area contributed by atoms with Gasteiger partial charge in [0.05, 0.1) is 5.41 Å². The standard InChI is InChI=1S/C16H21F2NO2/c1-3-7-16(15(20)21)8-9-19(10-16)11(2)12-5-4-6-13(17)14(12)18/h4-6,11H,3,7-10H2,1-2H3,(H,20,21). The highest BCUT2D eigenvalue weighted by atomic mass is 19.2. The molecule has 1 aliphatic rings. The van der Waals surface area contributed by atoms with Crippen molar-refractivity contribution in [1.82, 2.24) is 4.90 Å². The molecule has 1 heterocycles. The third-order valence-corrected chi connectivity index (χ3v) is 4.54. The average Bonchev–Trinajstić information content (AvgIpc) is 2.87. The van der Waals surface area contributed by atoms with Crippen LogP contribution < -0.4 is 0 Å². The molecule has 0 saturated carbocycles. The van der Waals surface area contributed by atoms with Crippen molar-refractivity contribution in [1.29, 1.82) is 0 Å². The minimum absolute atomic E-state index is 0.285. The molecule has 1 aliphatic heterocycles. The molecule has 116 valence electrons. The van der Waals surface area contributed by atoms with Crippen LogP contribution in [0, 0.1) is 17.0 Å². The van der Waals surface area contributed by atoms with E-state index in [0.717, 1.165) is 12.5 Å². The maximum absolute atomic E-state index is 13.9. The number of carboxylic acids is 1. The molecule has 0 spiro atoms. The predicted octanol–water partition coefficient (Wildman–Crippen LogP) is 3.60. The summed E-state index contributed by atoms with van der Waals surface area (Å²) in [4.78, 5) is 13.5. The van der Waals surface area contributed by atoms with Gasteiger partial charge in [-0.05, 0) is 32.4 Å². The van der Waals surface area contributed by atoms with Crippen LogP contribution in [0.4, 0.5) is 8.78 Å². The van der Waals surface area contributed by atoms with Crippen molar-refractivity contribution in [3.05, 3.63) is 35.4 Å². The summed E-state index contributed by atoms with van der Waals surface area (Å²) in [6.45, 7) is 4.72. The van der Waals surface area contributed by atoms with Gasteiger partial charge in [-0.25, -0.2) is 8.78 Å². The van der Waals surface area contributed by atoms with Gasteiger partial charge in [-0.15, -0.1) is 0 Å². The SMILES string of the molecule is CCCC1(C(=O)O)CCN(C(C)c2cccc(F)c2F)C1. The van der Waals surface area contributed by atoms with E-state index >= 15 is 0 Å². The largest absolute Gasteiger partial charge is 0.481 e. The van der Waals surface area contributed by atoms with Gasteiger partial charge >= 0.3 is 5.97 Å². The van der Waals surface area contributed by atoms with Gasteiger partial charge in [0, 0.05) is 18.2 Å². The first-order chi connectivity index (χ1) is 9.91. The number of hydrogen-bond acceptors (Lipinski definition) is 2. The van der Waals surface area contributed by atoms with Gasteiger partial charge in [-0.1, -0.05) is 25.5 Å². The predicted molar refractivity (Wildman–Crippen MR) is 75.9 cm³/mol. The Labute approximate surface area is 123 Å². The van der Waals surface area contributed by atoms with E-state index in [-0.39, 0.29) is 11.6 Å². The van der Waals surface area contributed by atoms with Gasteiger partial charge in [-0.3, -0.25) is 9.69 Å². The summed E-state index contributed by atoms with van der Waals surface area (Å²) in [5.74, 6) is -2.50. The Morgan fingerprint density at radius 3 is 2.81 bits per heavy atom. The van der Waals surface area contributed by atoms with Crippen molar-refractivity contribution in [3.8, 4) is 0 Å². The van der Waals surface area contributed by atoms with E-state index in [4.69, 9.17) is 0 Å². The number of benzene rings is 1. The van der Waals surface area contributed by atoms with E-state index in [1.54, 1.807) is 13.0 Å². The Hall–Kier alpha value is -1.49. The molecule has 3 nitrogen and oxygen atoms in total. The minimum Gasteiger partial charge on any atom is -0.481 e. The summed E-state index contributed by atoms with van der Waals surface area (Å²) < 4.78 is 27.2. The van der Waals surface area contributed by atoms with Crippen molar-refractivity contribution < 1.29 is 18.7 Å². The van der Waals surface area contributed by atoms with Crippen LogP contribution in [0.15, 0.2) is 18.2 Å². The van der Waals surface area contributed by atoms with Gasteiger partial charge in [0.15, 0.2) is 11.6 Å². The highest BCUT2D eigenvalue weighted by Crippen LogP contribution is 2.39. The molecule has 1 N–H and O–H groups in total. The molecule has 2 rings (SSSR count). The Balaban J connectivity index is 2.20. The van der Waals surface area contributed by atoms with E-state index in [1.807, 2.05) is 11.8 Å². The fourth-order valence-electron chi connectivity index (χ4n) is 3.24. The number of nitrogens with zero attached hydrogens (tertiary/aromatic N) is 1. The highest BCUT2D eigenvalue weighted by Gasteiger charge is 2.45. The number of halogens is 2. The molecule has 0 aliphatic carbocycles. The van der Waals surface area contributed by atoms with Gasteiger partial charge < -0.3 is 5.11 Å². The summed E-state index contributed by atoms with van der Waals surface area (Å²) >= 11 is 0. The molecule has 2 unspecified atom stereocenters. The minimum atomic E-state index is -0.864. The third kappa shape index (κ3) is 2.93. The molecule has 0 bridgehead atoms. The lowest BCUT2D eigenvalue weighted by atomic mass is 9.82. The molecule has 21 heavy (non-hydrogen) atoms. The monoisotopic (exact) mass is 297 g/mol. The Bertz CT molecular complexity index is 535. The first-order valence-corrected chi connectivity index (χ1v) is 7.32. The third-order valence-electron chi connectivity index (χ3n) is 4.54. The molecular formula is C16H21F2NO2. The zero-order valence-electron chi connectivity index (χ0n) is 12.4. The van der Waals surface area contributed by atoms with Gasteiger partial charge in [0.1, 0.15) is 0 Å². The Morgan fingerprint density at radius 1 is 1.48 bits per heavy atom. The van der Waals surface area contributed by atoms with Crippen LogP contribution in [0.1, 0.15) is 44.7 Å². The second-order valence-corrected chi connectivity index (χ2v) is 5.87. The number of aliphatic carboxylic acids is 1. The van der Waals surface area contributed by atoms with Gasteiger partial charge in [0.25, 0.3) is 0 Å². The van der Waals surface area contributed by atoms with Crippen LogP contribution in [-0.4, -0.2) is 29.1 Å². The molecule has 2 atom stereocenters. The second kappa shape index (κ2) is 6.10. The first-order valence-electron chi connectivity index (χ1n) is 7.32. The molecule has 1 saturated heterocycles. The zero-order chi connectivity index (χ0) is 15.6. The van der Waals surface area contributed by atoms with Gasteiger partial charge in [-0.2, -0.15) is 0 Å². The van der Waals surface area contributed by atoms with Crippen molar-refractivity contribution in [2.24, 2.45) is 5.41 Å². The lowest BCUT2D eigenvalue weighted by Crippen LogP contribution is -2.35. The highest BCUT2D eigenvalue weighted by molar-refractivity contribution is 5.75. The van der Waals surface area contributed by atoms with Crippen molar-refractivity contribution in [2.75, 3.05) is 13.1 Å². The lowest BCUT2D eigenvalue weighted by Gasteiger charge is -2.28.